The van der Waals surface area contributed by atoms with E-state index in [1.54, 1.807) is 16.2 Å². The number of nitrogens with zero attached hydrogens (tertiary/aromatic N) is 2. The molecule has 0 bridgehead atoms. The Morgan fingerprint density at radius 1 is 1.16 bits per heavy atom. The third kappa shape index (κ3) is 1.91. The third-order valence-electron chi connectivity index (χ3n) is 4.59. The Balaban J connectivity index is 2.06. The second-order valence-corrected chi connectivity index (χ2v) is 5.72. The van der Waals surface area contributed by atoms with Crippen molar-refractivity contribution in [3.05, 3.63) is 34.2 Å². The molecule has 1 unspecified atom stereocenters. The Bertz CT molecular complexity index is 662. The lowest BCUT2D eigenvalue weighted by Gasteiger charge is -2.19. The maximum Gasteiger partial charge on any atom is 0.328 e. The van der Waals surface area contributed by atoms with E-state index in [9.17, 15) is 4.79 Å². The molecule has 1 aromatic carbocycles. The molecule has 0 saturated heterocycles. The molecule has 1 aliphatic rings. The van der Waals surface area contributed by atoms with E-state index in [-0.39, 0.29) is 11.7 Å². The highest BCUT2D eigenvalue weighted by molar-refractivity contribution is 5.77. The number of rotatable bonds is 2. The molecule has 0 radical (unpaired) electrons. The maximum absolute atomic E-state index is 11.9. The van der Waals surface area contributed by atoms with E-state index in [2.05, 4.69) is 12.1 Å². The Morgan fingerprint density at radius 2 is 1.79 bits per heavy atom. The standard InChI is InChI=1S/C15H21N3O/c1-17-12-8-7-11(9-13(12)18(2)15(17)19)14(16)10-5-3-4-6-10/h7-10,14H,3-6,16H2,1-2H3. The van der Waals surface area contributed by atoms with Gasteiger partial charge >= 0.3 is 5.69 Å². The van der Waals surface area contributed by atoms with Crippen LogP contribution in [0.2, 0.25) is 0 Å². The van der Waals surface area contributed by atoms with Gasteiger partial charge in [-0.15, -0.1) is 0 Å². The predicted octanol–water partition coefficient (Wildman–Crippen LogP) is 2.07. The largest absolute Gasteiger partial charge is 0.328 e. The molecule has 102 valence electrons. The molecule has 1 fully saturated rings. The van der Waals surface area contributed by atoms with Gasteiger partial charge in [0.1, 0.15) is 0 Å². The van der Waals surface area contributed by atoms with Gasteiger partial charge in [-0.3, -0.25) is 9.13 Å². The third-order valence-corrected chi connectivity index (χ3v) is 4.59. The Morgan fingerprint density at radius 3 is 2.47 bits per heavy atom. The van der Waals surface area contributed by atoms with Crippen molar-refractivity contribution in [2.45, 2.75) is 31.7 Å². The molecule has 1 saturated carbocycles. The second kappa shape index (κ2) is 4.53. The Kier molecular flexibility index (Phi) is 2.97. The van der Waals surface area contributed by atoms with Gasteiger partial charge in [0, 0.05) is 20.1 Å². The summed E-state index contributed by atoms with van der Waals surface area (Å²) in [5.41, 5.74) is 9.50. The van der Waals surface area contributed by atoms with Crippen LogP contribution in [0.25, 0.3) is 11.0 Å². The van der Waals surface area contributed by atoms with E-state index >= 15 is 0 Å². The van der Waals surface area contributed by atoms with Crippen LogP contribution in [0.1, 0.15) is 37.3 Å². The minimum absolute atomic E-state index is 0.0154. The van der Waals surface area contributed by atoms with Gasteiger partial charge < -0.3 is 5.73 Å². The van der Waals surface area contributed by atoms with Crippen molar-refractivity contribution in [3.63, 3.8) is 0 Å². The molecule has 1 aromatic heterocycles. The van der Waals surface area contributed by atoms with E-state index in [0.29, 0.717) is 5.92 Å². The Labute approximate surface area is 112 Å². The van der Waals surface area contributed by atoms with Crippen LogP contribution in [0.5, 0.6) is 0 Å². The lowest BCUT2D eigenvalue weighted by molar-refractivity contribution is 0.445. The summed E-state index contributed by atoms with van der Waals surface area (Å²) in [6.07, 6.45) is 5.05. The van der Waals surface area contributed by atoms with Crippen LogP contribution in [0, 0.1) is 5.92 Å². The summed E-state index contributed by atoms with van der Waals surface area (Å²) in [5.74, 6) is 0.596. The fraction of sp³-hybridized carbons (Fsp3) is 0.533. The molecule has 4 heteroatoms. The highest BCUT2D eigenvalue weighted by Gasteiger charge is 2.23. The van der Waals surface area contributed by atoms with E-state index in [0.717, 1.165) is 16.6 Å². The number of imidazole rings is 1. The molecule has 0 amide bonds. The van der Waals surface area contributed by atoms with Crippen LogP contribution in [0.15, 0.2) is 23.0 Å². The summed E-state index contributed by atoms with van der Waals surface area (Å²) >= 11 is 0. The zero-order chi connectivity index (χ0) is 13.6. The van der Waals surface area contributed by atoms with Crippen molar-refractivity contribution in [1.82, 2.24) is 9.13 Å². The first-order valence-corrected chi connectivity index (χ1v) is 7.00. The molecular formula is C15H21N3O. The molecule has 4 nitrogen and oxygen atoms in total. The van der Waals surface area contributed by atoms with E-state index in [1.165, 1.54) is 25.7 Å². The average molecular weight is 259 g/mol. The van der Waals surface area contributed by atoms with Crippen molar-refractivity contribution < 1.29 is 0 Å². The fourth-order valence-corrected chi connectivity index (χ4v) is 3.32. The molecule has 3 rings (SSSR count). The van der Waals surface area contributed by atoms with Crippen molar-refractivity contribution >= 4 is 11.0 Å². The number of aromatic nitrogens is 2. The molecule has 19 heavy (non-hydrogen) atoms. The topological polar surface area (TPSA) is 53.0 Å². The van der Waals surface area contributed by atoms with Gasteiger partial charge in [-0.05, 0) is 36.5 Å². The predicted molar refractivity (Wildman–Crippen MR) is 77.0 cm³/mol. The minimum atomic E-state index is 0.0154. The van der Waals surface area contributed by atoms with Gasteiger partial charge in [0.15, 0.2) is 0 Å². The highest BCUT2D eigenvalue weighted by Crippen LogP contribution is 2.34. The quantitative estimate of drug-likeness (QED) is 0.897. The molecule has 0 aliphatic heterocycles. The zero-order valence-electron chi connectivity index (χ0n) is 11.6. The van der Waals surface area contributed by atoms with Gasteiger partial charge in [-0.1, -0.05) is 18.9 Å². The number of nitrogens with two attached hydrogens (primary N) is 1. The summed E-state index contributed by atoms with van der Waals surface area (Å²) < 4.78 is 3.38. The van der Waals surface area contributed by atoms with Crippen LogP contribution >= 0.6 is 0 Å². The average Bonchev–Trinajstić information content (AvgIpc) is 3.03. The van der Waals surface area contributed by atoms with Gasteiger partial charge in [0.25, 0.3) is 0 Å². The summed E-state index contributed by atoms with van der Waals surface area (Å²) in [6.45, 7) is 0. The van der Waals surface area contributed by atoms with E-state index in [4.69, 9.17) is 5.73 Å². The number of hydrogen-bond donors (Lipinski definition) is 1. The lowest BCUT2D eigenvalue weighted by Crippen LogP contribution is -2.19. The summed E-state index contributed by atoms with van der Waals surface area (Å²) in [7, 11) is 3.62. The number of hydrogen-bond acceptors (Lipinski definition) is 2. The van der Waals surface area contributed by atoms with E-state index in [1.807, 2.05) is 13.1 Å². The first kappa shape index (κ1) is 12.5. The van der Waals surface area contributed by atoms with Crippen molar-refractivity contribution in [2.24, 2.45) is 25.7 Å². The Hall–Kier alpha value is -1.55. The van der Waals surface area contributed by atoms with Gasteiger partial charge in [-0.2, -0.15) is 0 Å². The molecule has 1 heterocycles. The lowest BCUT2D eigenvalue weighted by atomic mass is 9.92. The number of fused-ring (bicyclic) bond motifs is 1. The SMILES string of the molecule is Cn1c(=O)n(C)c2cc(C(N)C3CCCC3)ccc21. The van der Waals surface area contributed by atoms with Crippen LogP contribution in [0.4, 0.5) is 0 Å². The van der Waals surface area contributed by atoms with Crippen LogP contribution in [-0.2, 0) is 14.1 Å². The smallest absolute Gasteiger partial charge is 0.324 e. The maximum atomic E-state index is 11.9. The van der Waals surface area contributed by atoms with Gasteiger partial charge in [0.2, 0.25) is 0 Å². The highest BCUT2D eigenvalue weighted by atomic mass is 16.1. The molecule has 1 atom stereocenters. The van der Waals surface area contributed by atoms with Gasteiger partial charge in [-0.25, -0.2) is 4.79 Å². The number of aryl methyl sites for hydroxylation is 2. The van der Waals surface area contributed by atoms with Crippen LogP contribution < -0.4 is 11.4 Å². The number of benzene rings is 1. The second-order valence-electron chi connectivity index (χ2n) is 5.72. The minimum Gasteiger partial charge on any atom is -0.324 e. The van der Waals surface area contributed by atoms with Crippen molar-refractivity contribution in [2.75, 3.05) is 0 Å². The summed E-state index contributed by atoms with van der Waals surface area (Å²) in [6, 6.07) is 6.27. The van der Waals surface area contributed by atoms with E-state index < -0.39 is 0 Å². The first-order chi connectivity index (χ1) is 9.09. The summed E-state index contributed by atoms with van der Waals surface area (Å²) in [4.78, 5) is 11.9. The zero-order valence-corrected chi connectivity index (χ0v) is 11.6. The van der Waals surface area contributed by atoms with Crippen LogP contribution in [0.3, 0.4) is 0 Å². The monoisotopic (exact) mass is 259 g/mol. The van der Waals surface area contributed by atoms with Crippen LogP contribution in [-0.4, -0.2) is 9.13 Å². The van der Waals surface area contributed by atoms with Gasteiger partial charge in [0.05, 0.1) is 11.0 Å². The molecular weight excluding hydrogens is 238 g/mol. The normalized spacial score (nSPS) is 18.3. The first-order valence-electron chi connectivity index (χ1n) is 7.00. The molecule has 2 aromatic rings. The molecule has 0 spiro atoms. The molecule has 1 aliphatic carbocycles. The van der Waals surface area contributed by atoms with Crippen molar-refractivity contribution in [3.8, 4) is 0 Å². The fourth-order valence-electron chi connectivity index (χ4n) is 3.32. The van der Waals surface area contributed by atoms with Crippen molar-refractivity contribution in [1.29, 1.82) is 0 Å². The summed E-state index contributed by atoms with van der Waals surface area (Å²) in [5, 5.41) is 0. The molecule has 2 N–H and O–H groups in total.